The van der Waals surface area contributed by atoms with Crippen LogP contribution in [0.5, 0.6) is 0 Å². The molecule has 0 aromatic carbocycles. The first-order chi connectivity index (χ1) is 10.9. The van der Waals surface area contributed by atoms with Crippen LogP contribution in [0, 0.1) is 11.8 Å². The van der Waals surface area contributed by atoms with E-state index in [0.29, 0.717) is 0 Å². The highest BCUT2D eigenvalue weighted by molar-refractivity contribution is 5.04. The summed E-state index contributed by atoms with van der Waals surface area (Å²) >= 11 is 0. The highest BCUT2D eigenvalue weighted by Crippen LogP contribution is 2.28. The maximum Gasteiger partial charge on any atom is 0.0648 e. The van der Waals surface area contributed by atoms with Crippen molar-refractivity contribution in [3.63, 3.8) is 0 Å². The zero-order chi connectivity index (χ0) is 17.7. The first-order valence-corrected chi connectivity index (χ1v) is 9.88. The fourth-order valence-corrected chi connectivity index (χ4v) is 3.06. The average Bonchev–Trinajstić information content (AvgIpc) is 2.52. The van der Waals surface area contributed by atoms with Crippen LogP contribution >= 0.6 is 0 Å². The van der Waals surface area contributed by atoms with Gasteiger partial charge in [-0.2, -0.15) is 0 Å². The van der Waals surface area contributed by atoms with Crippen LogP contribution in [-0.2, 0) is 0 Å². The SMILES string of the molecule is CCCCCCCCCC(C)(O)C(C)C/C=C(/C)C(CC)CO. The van der Waals surface area contributed by atoms with Crippen molar-refractivity contribution in [3.05, 3.63) is 11.6 Å². The van der Waals surface area contributed by atoms with Crippen LogP contribution in [0.25, 0.3) is 0 Å². The highest BCUT2D eigenvalue weighted by atomic mass is 16.3. The summed E-state index contributed by atoms with van der Waals surface area (Å²) in [6.07, 6.45) is 14.0. The van der Waals surface area contributed by atoms with Gasteiger partial charge in [-0.15, -0.1) is 0 Å². The van der Waals surface area contributed by atoms with Crippen molar-refractivity contribution in [1.29, 1.82) is 0 Å². The molecule has 3 atom stereocenters. The van der Waals surface area contributed by atoms with Crippen molar-refractivity contribution in [2.75, 3.05) is 6.61 Å². The van der Waals surface area contributed by atoms with E-state index in [9.17, 15) is 10.2 Å². The van der Waals surface area contributed by atoms with Gasteiger partial charge in [-0.25, -0.2) is 0 Å². The molecule has 0 saturated carbocycles. The van der Waals surface area contributed by atoms with Crippen molar-refractivity contribution in [2.24, 2.45) is 11.8 Å². The molecule has 0 aromatic rings. The van der Waals surface area contributed by atoms with Crippen LogP contribution in [0.15, 0.2) is 11.6 Å². The van der Waals surface area contributed by atoms with Crippen LogP contribution in [0.2, 0.25) is 0 Å². The standard InChI is InChI=1S/C21H42O2/c1-6-8-9-10-11-12-13-16-21(5,23)19(4)15-14-18(3)20(7-2)17-22/h14,19-20,22-23H,6-13,15-17H2,1-5H3/b18-14-. The third kappa shape index (κ3) is 10.2. The third-order valence-corrected chi connectivity index (χ3v) is 5.50. The molecule has 138 valence electrons. The van der Waals surface area contributed by atoms with Crippen LogP contribution in [0.3, 0.4) is 0 Å². The minimum Gasteiger partial charge on any atom is -0.396 e. The van der Waals surface area contributed by atoms with Crippen molar-refractivity contribution >= 4 is 0 Å². The number of aliphatic hydroxyl groups excluding tert-OH is 1. The molecule has 0 aliphatic heterocycles. The molecule has 23 heavy (non-hydrogen) atoms. The summed E-state index contributed by atoms with van der Waals surface area (Å²) in [6, 6.07) is 0. The van der Waals surface area contributed by atoms with Gasteiger partial charge >= 0.3 is 0 Å². The monoisotopic (exact) mass is 326 g/mol. The molecule has 3 unspecified atom stereocenters. The first kappa shape index (κ1) is 22.7. The number of unbranched alkanes of at least 4 members (excludes halogenated alkanes) is 6. The molecule has 0 amide bonds. The Hall–Kier alpha value is -0.340. The van der Waals surface area contributed by atoms with Gasteiger partial charge in [0.2, 0.25) is 0 Å². The van der Waals surface area contributed by atoms with Crippen molar-refractivity contribution in [3.8, 4) is 0 Å². The summed E-state index contributed by atoms with van der Waals surface area (Å²) < 4.78 is 0. The second-order valence-corrected chi connectivity index (χ2v) is 7.60. The summed E-state index contributed by atoms with van der Waals surface area (Å²) in [4.78, 5) is 0. The van der Waals surface area contributed by atoms with E-state index in [-0.39, 0.29) is 18.4 Å². The number of aliphatic hydroxyl groups is 2. The summed E-state index contributed by atoms with van der Waals surface area (Å²) in [5.41, 5.74) is 0.676. The molecule has 0 spiro atoms. The van der Waals surface area contributed by atoms with Gasteiger partial charge < -0.3 is 10.2 Å². The lowest BCUT2D eigenvalue weighted by Crippen LogP contribution is -2.32. The van der Waals surface area contributed by atoms with E-state index in [4.69, 9.17) is 0 Å². The average molecular weight is 327 g/mol. The lowest BCUT2D eigenvalue weighted by molar-refractivity contribution is -0.00298. The maximum atomic E-state index is 10.7. The fourth-order valence-electron chi connectivity index (χ4n) is 3.06. The molecule has 0 heterocycles. The van der Waals surface area contributed by atoms with Gasteiger partial charge in [-0.05, 0) is 39.0 Å². The summed E-state index contributed by atoms with van der Waals surface area (Å²) in [5, 5.41) is 20.1. The zero-order valence-electron chi connectivity index (χ0n) is 16.4. The Balaban J connectivity index is 4.09. The molecular formula is C21H42O2. The first-order valence-electron chi connectivity index (χ1n) is 9.88. The van der Waals surface area contributed by atoms with Crippen LogP contribution < -0.4 is 0 Å². The Kier molecular flexibility index (Phi) is 12.8. The van der Waals surface area contributed by atoms with Gasteiger partial charge in [0.25, 0.3) is 0 Å². The number of hydrogen-bond donors (Lipinski definition) is 2. The molecular weight excluding hydrogens is 284 g/mol. The molecule has 0 aromatic heterocycles. The Morgan fingerprint density at radius 2 is 1.61 bits per heavy atom. The number of hydrogen-bond acceptors (Lipinski definition) is 2. The normalized spacial score (nSPS) is 17.8. The lowest BCUT2D eigenvalue weighted by Gasteiger charge is -2.30. The van der Waals surface area contributed by atoms with E-state index in [2.05, 4.69) is 33.8 Å². The van der Waals surface area contributed by atoms with Crippen LogP contribution in [0.1, 0.15) is 98.8 Å². The Morgan fingerprint density at radius 3 is 2.13 bits per heavy atom. The second kappa shape index (κ2) is 13.0. The Bertz CT molecular complexity index is 303. The quantitative estimate of drug-likeness (QED) is 0.309. The molecule has 2 nitrogen and oxygen atoms in total. The van der Waals surface area contributed by atoms with Crippen molar-refractivity contribution in [1.82, 2.24) is 0 Å². The molecule has 0 aliphatic carbocycles. The predicted molar refractivity (Wildman–Crippen MR) is 102 cm³/mol. The zero-order valence-corrected chi connectivity index (χ0v) is 16.4. The smallest absolute Gasteiger partial charge is 0.0648 e. The molecule has 0 saturated heterocycles. The van der Waals surface area contributed by atoms with Gasteiger partial charge in [-0.3, -0.25) is 0 Å². The molecule has 0 radical (unpaired) electrons. The highest BCUT2D eigenvalue weighted by Gasteiger charge is 2.26. The second-order valence-electron chi connectivity index (χ2n) is 7.60. The van der Waals surface area contributed by atoms with Crippen molar-refractivity contribution in [2.45, 2.75) is 104 Å². The molecule has 0 rings (SSSR count). The van der Waals surface area contributed by atoms with E-state index >= 15 is 0 Å². The van der Waals surface area contributed by atoms with Gasteiger partial charge in [0.1, 0.15) is 0 Å². The van der Waals surface area contributed by atoms with Gasteiger partial charge in [0.05, 0.1) is 5.60 Å². The molecule has 0 bridgehead atoms. The minimum absolute atomic E-state index is 0.224. The van der Waals surface area contributed by atoms with Gasteiger partial charge in [0, 0.05) is 12.5 Å². The molecule has 2 N–H and O–H groups in total. The molecule has 0 aliphatic rings. The topological polar surface area (TPSA) is 40.5 Å². The summed E-state index contributed by atoms with van der Waals surface area (Å²) in [5.74, 6) is 0.531. The lowest BCUT2D eigenvalue weighted by atomic mass is 9.82. The predicted octanol–water partition coefficient (Wildman–Crippen LogP) is 5.87. The fraction of sp³-hybridized carbons (Fsp3) is 0.905. The summed E-state index contributed by atoms with van der Waals surface area (Å²) in [6.45, 7) is 10.8. The van der Waals surface area contributed by atoms with E-state index in [1.807, 2.05) is 6.92 Å². The minimum atomic E-state index is -0.582. The molecule has 0 fully saturated rings. The van der Waals surface area contributed by atoms with Crippen LogP contribution in [-0.4, -0.2) is 22.4 Å². The van der Waals surface area contributed by atoms with E-state index in [1.165, 1.54) is 44.1 Å². The summed E-state index contributed by atoms with van der Waals surface area (Å²) in [7, 11) is 0. The number of rotatable bonds is 14. The largest absolute Gasteiger partial charge is 0.396 e. The number of allylic oxidation sites excluding steroid dienone is 1. The van der Waals surface area contributed by atoms with E-state index < -0.39 is 5.60 Å². The Labute approximate surface area is 145 Å². The Morgan fingerprint density at radius 1 is 1.04 bits per heavy atom. The maximum absolute atomic E-state index is 10.7. The van der Waals surface area contributed by atoms with E-state index in [0.717, 1.165) is 25.7 Å². The van der Waals surface area contributed by atoms with Crippen molar-refractivity contribution < 1.29 is 10.2 Å². The molecule has 2 heteroatoms. The van der Waals surface area contributed by atoms with Gasteiger partial charge in [-0.1, -0.05) is 77.4 Å². The van der Waals surface area contributed by atoms with E-state index in [1.54, 1.807) is 0 Å². The third-order valence-electron chi connectivity index (χ3n) is 5.50. The van der Waals surface area contributed by atoms with Crippen LogP contribution in [0.4, 0.5) is 0 Å². The van der Waals surface area contributed by atoms with Gasteiger partial charge in [0.15, 0.2) is 0 Å².